The molecule has 1 fully saturated rings. The smallest absolute Gasteiger partial charge is 0.138 e. The molecule has 1 aliphatic heterocycles. The summed E-state index contributed by atoms with van der Waals surface area (Å²) in [6.07, 6.45) is 1.95. The quantitative estimate of drug-likeness (QED) is 0.815. The van der Waals surface area contributed by atoms with Gasteiger partial charge in [0.1, 0.15) is 5.78 Å². The van der Waals surface area contributed by atoms with Gasteiger partial charge in [0.05, 0.1) is 18.1 Å². The van der Waals surface area contributed by atoms with Crippen LogP contribution in [0.2, 0.25) is 0 Å². The molecule has 1 saturated heterocycles. The van der Waals surface area contributed by atoms with Gasteiger partial charge in [0, 0.05) is 0 Å². The molecule has 0 N–H and O–H groups in total. The lowest BCUT2D eigenvalue weighted by Gasteiger charge is -2.30. The molecular formula is C16H22O2. The van der Waals surface area contributed by atoms with Crippen LogP contribution < -0.4 is 0 Å². The molecule has 0 aromatic heterocycles. The topological polar surface area (TPSA) is 26.3 Å². The Morgan fingerprint density at radius 3 is 2.67 bits per heavy atom. The first-order valence-corrected chi connectivity index (χ1v) is 6.71. The molecule has 1 aliphatic rings. The standard InChI is InChI=1S/C16H22O2/c1-12-11-18-15(16(12,3)13(2)17)10-9-14-7-5-4-6-8-14/h4-8,12,15H,9-11H2,1-3H3/t12-,15-,16+/m0/s1. The molecule has 0 unspecified atom stereocenters. The molecular weight excluding hydrogens is 224 g/mol. The third-order valence-electron chi connectivity index (χ3n) is 4.54. The Hall–Kier alpha value is -1.15. The number of hydrogen-bond acceptors (Lipinski definition) is 2. The monoisotopic (exact) mass is 246 g/mol. The molecule has 2 rings (SSSR count). The normalized spacial score (nSPS) is 31.5. The van der Waals surface area contributed by atoms with E-state index in [1.54, 1.807) is 6.92 Å². The fraction of sp³-hybridized carbons (Fsp3) is 0.562. The van der Waals surface area contributed by atoms with Crippen molar-refractivity contribution in [3.05, 3.63) is 35.9 Å². The lowest BCUT2D eigenvalue weighted by molar-refractivity contribution is -0.130. The van der Waals surface area contributed by atoms with Crippen LogP contribution in [0, 0.1) is 11.3 Å². The highest BCUT2D eigenvalue weighted by Gasteiger charge is 2.48. The van der Waals surface area contributed by atoms with Gasteiger partial charge in [0.2, 0.25) is 0 Å². The summed E-state index contributed by atoms with van der Waals surface area (Å²) in [4.78, 5) is 11.9. The average molecular weight is 246 g/mol. The van der Waals surface area contributed by atoms with Crippen LogP contribution >= 0.6 is 0 Å². The lowest BCUT2D eigenvalue weighted by atomic mass is 9.71. The number of benzene rings is 1. The predicted molar refractivity (Wildman–Crippen MR) is 72.5 cm³/mol. The van der Waals surface area contributed by atoms with Crippen molar-refractivity contribution in [2.24, 2.45) is 11.3 Å². The van der Waals surface area contributed by atoms with E-state index in [9.17, 15) is 4.79 Å². The third-order valence-corrected chi connectivity index (χ3v) is 4.54. The highest BCUT2D eigenvalue weighted by molar-refractivity contribution is 5.83. The number of rotatable bonds is 4. The first-order chi connectivity index (χ1) is 8.55. The van der Waals surface area contributed by atoms with Gasteiger partial charge < -0.3 is 4.74 Å². The maximum Gasteiger partial charge on any atom is 0.138 e. The molecule has 2 nitrogen and oxygen atoms in total. The SMILES string of the molecule is CC(=O)[C@]1(C)[C@H](CCc2ccccc2)OC[C@@H]1C. The summed E-state index contributed by atoms with van der Waals surface area (Å²) in [6, 6.07) is 10.4. The molecule has 1 aromatic rings. The number of hydrogen-bond donors (Lipinski definition) is 0. The summed E-state index contributed by atoms with van der Waals surface area (Å²) in [5.74, 6) is 0.571. The zero-order valence-corrected chi connectivity index (χ0v) is 11.5. The highest BCUT2D eigenvalue weighted by Crippen LogP contribution is 2.42. The molecule has 0 spiro atoms. The van der Waals surface area contributed by atoms with Gasteiger partial charge in [0.15, 0.2) is 0 Å². The second kappa shape index (κ2) is 5.23. The fourth-order valence-electron chi connectivity index (χ4n) is 2.82. The van der Waals surface area contributed by atoms with E-state index < -0.39 is 0 Å². The van der Waals surface area contributed by atoms with Gasteiger partial charge in [-0.15, -0.1) is 0 Å². The second-order valence-electron chi connectivity index (χ2n) is 5.59. The zero-order valence-electron chi connectivity index (χ0n) is 11.5. The largest absolute Gasteiger partial charge is 0.377 e. The van der Waals surface area contributed by atoms with E-state index in [2.05, 4.69) is 38.1 Å². The molecule has 2 heteroatoms. The van der Waals surface area contributed by atoms with Crippen LogP contribution in [0.4, 0.5) is 0 Å². The predicted octanol–water partition coefficient (Wildman–Crippen LogP) is 3.25. The van der Waals surface area contributed by atoms with Crippen LogP contribution in [0.25, 0.3) is 0 Å². The summed E-state index contributed by atoms with van der Waals surface area (Å²) < 4.78 is 5.84. The van der Waals surface area contributed by atoms with Crippen molar-refractivity contribution in [3.63, 3.8) is 0 Å². The van der Waals surface area contributed by atoms with Gasteiger partial charge in [-0.3, -0.25) is 4.79 Å². The minimum atomic E-state index is -0.311. The number of ketones is 1. The molecule has 0 bridgehead atoms. The highest BCUT2D eigenvalue weighted by atomic mass is 16.5. The summed E-state index contributed by atoms with van der Waals surface area (Å²) >= 11 is 0. The van der Waals surface area contributed by atoms with Crippen molar-refractivity contribution < 1.29 is 9.53 Å². The summed E-state index contributed by atoms with van der Waals surface area (Å²) in [5, 5.41) is 0. The van der Waals surface area contributed by atoms with Crippen molar-refractivity contribution in [3.8, 4) is 0 Å². The summed E-state index contributed by atoms with van der Waals surface area (Å²) in [6.45, 7) is 6.57. The van der Waals surface area contributed by atoms with E-state index in [1.807, 2.05) is 6.07 Å². The van der Waals surface area contributed by atoms with E-state index in [-0.39, 0.29) is 17.3 Å². The van der Waals surface area contributed by atoms with E-state index in [1.165, 1.54) is 5.56 Å². The molecule has 98 valence electrons. The average Bonchev–Trinajstić information content (AvgIpc) is 2.66. The number of Topliss-reactive ketones (excluding diaryl/α,β-unsaturated/α-hetero) is 1. The molecule has 18 heavy (non-hydrogen) atoms. The molecule has 0 amide bonds. The molecule has 0 saturated carbocycles. The van der Waals surface area contributed by atoms with Gasteiger partial charge >= 0.3 is 0 Å². The van der Waals surface area contributed by atoms with Gasteiger partial charge in [0.25, 0.3) is 0 Å². The molecule has 0 radical (unpaired) electrons. The Morgan fingerprint density at radius 1 is 1.39 bits per heavy atom. The molecule has 1 heterocycles. The molecule has 1 aromatic carbocycles. The fourth-order valence-corrected chi connectivity index (χ4v) is 2.82. The Balaban J connectivity index is 2.03. The molecule has 0 aliphatic carbocycles. The maximum absolute atomic E-state index is 11.9. The van der Waals surface area contributed by atoms with Crippen molar-refractivity contribution in [2.75, 3.05) is 6.61 Å². The molecule has 3 atom stereocenters. The van der Waals surface area contributed by atoms with Gasteiger partial charge in [-0.05, 0) is 38.2 Å². The first kappa shape index (κ1) is 13.3. The lowest BCUT2D eigenvalue weighted by Crippen LogP contribution is -2.39. The minimum absolute atomic E-state index is 0.0604. The van der Waals surface area contributed by atoms with Gasteiger partial charge in [-0.2, -0.15) is 0 Å². The maximum atomic E-state index is 11.9. The Morgan fingerprint density at radius 2 is 2.06 bits per heavy atom. The van der Waals surface area contributed by atoms with Crippen LogP contribution in [0.15, 0.2) is 30.3 Å². The van der Waals surface area contributed by atoms with Crippen molar-refractivity contribution in [1.82, 2.24) is 0 Å². The van der Waals surface area contributed by atoms with Crippen LogP contribution in [0.1, 0.15) is 32.8 Å². The Labute approximate surface area is 109 Å². The van der Waals surface area contributed by atoms with E-state index >= 15 is 0 Å². The number of carbonyl (C=O) groups excluding carboxylic acids is 1. The first-order valence-electron chi connectivity index (χ1n) is 6.71. The van der Waals surface area contributed by atoms with E-state index in [4.69, 9.17) is 4.74 Å². The van der Waals surface area contributed by atoms with Gasteiger partial charge in [-0.1, -0.05) is 37.3 Å². The van der Waals surface area contributed by atoms with Crippen molar-refractivity contribution >= 4 is 5.78 Å². The van der Waals surface area contributed by atoms with Gasteiger partial charge in [-0.25, -0.2) is 0 Å². The third kappa shape index (κ3) is 2.35. The van der Waals surface area contributed by atoms with Crippen LogP contribution in [0.3, 0.4) is 0 Å². The van der Waals surface area contributed by atoms with E-state index in [0.717, 1.165) is 12.8 Å². The zero-order chi connectivity index (χ0) is 13.2. The van der Waals surface area contributed by atoms with Crippen molar-refractivity contribution in [1.29, 1.82) is 0 Å². The Bertz CT molecular complexity index is 412. The number of aryl methyl sites for hydroxylation is 1. The van der Waals surface area contributed by atoms with Crippen LogP contribution in [-0.2, 0) is 16.0 Å². The number of ether oxygens (including phenoxy) is 1. The Kier molecular flexibility index (Phi) is 3.86. The van der Waals surface area contributed by atoms with Crippen LogP contribution in [-0.4, -0.2) is 18.5 Å². The summed E-state index contributed by atoms with van der Waals surface area (Å²) in [5.41, 5.74) is 1.00. The van der Waals surface area contributed by atoms with Crippen LogP contribution in [0.5, 0.6) is 0 Å². The summed E-state index contributed by atoms with van der Waals surface area (Å²) in [7, 11) is 0. The van der Waals surface area contributed by atoms with E-state index in [0.29, 0.717) is 12.5 Å². The number of carbonyl (C=O) groups is 1. The van der Waals surface area contributed by atoms with Crippen molar-refractivity contribution in [2.45, 2.75) is 39.7 Å². The second-order valence-corrected chi connectivity index (χ2v) is 5.59. The minimum Gasteiger partial charge on any atom is -0.377 e.